The van der Waals surface area contributed by atoms with Crippen molar-refractivity contribution in [1.29, 1.82) is 5.26 Å². The fraction of sp³-hybridized carbons (Fsp3) is 0.538. The van der Waals surface area contributed by atoms with Crippen LogP contribution in [-0.2, 0) is 17.6 Å². The number of carbonyl (C=O) groups excluding carboxylic acids is 1. The van der Waals surface area contributed by atoms with Gasteiger partial charge in [-0.2, -0.15) is 0 Å². The number of rotatable bonds is 4. The van der Waals surface area contributed by atoms with Crippen LogP contribution in [-0.4, -0.2) is 77.6 Å². The molecule has 1 aliphatic carbocycles. The maximum absolute atomic E-state index is 14.6. The zero-order valence-electron chi connectivity index (χ0n) is 20.3. The summed E-state index contributed by atoms with van der Waals surface area (Å²) in [4.78, 5) is 20.9. The van der Waals surface area contributed by atoms with Crippen LogP contribution >= 0.6 is 0 Å². The molecule has 5 rings (SSSR count). The van der Waals surface area contributed by atoms with Gasteiger partial charge in [-0.15, -0.1) is 0 Å². The summed E-state index contributed by atoms with van der Waals surface area (Å²) in [5.41, 5.74) is 4.77. The van der Waals surface area contributed by atoms with E-state index in [1.807, 2.05) is 11.1 Å². The summed E-state index contributed by atoms with van der Waals surface area (Å²) in [7, 11) is 0. The summed E-state index contributed by atoms with van der Waals surface area (Å²) in [6.45, 7) is 11.4. The van der Waals surface area contributed by atoms with Crippen molar-refractivity contribution in [2.75, 3.05) is 31.2 Å². The molecule has 1 spiro atoms. The van der Waals surface area contributed by atoms with E-state index >= 15 is 0 Å². The average molecular weight is 563 g/mol. The molecule has 1 aromatic rings. The Bertz CT molecular complexity index is 1170. The van der Waals surface area contributed by atoms with Gasteiger partial charge in [-0.3, -0.25) is 0 Å². The molecule has 1 aromatic heterocycles. The Labute approximate surface area is 212 Å². The number of likely N-dealkylation sites (tertiary alicyclic amines) is 1. The van der Waals surface area contributed by atoms with Crippen molar-refractivity contribution in [2.24, 2.45) is 13.8 Å². The molecule has 2 fully saturated rings. The normalized spacial score (nSPS) is 24.0. The predicted molar refractivity (Wildman–Crippen MR) is 134 cm³/mol. The molecule has 0 bridgehead atoms. The van der Waals surface area contributed by atoms with Gasteiger partial charge in [0.15, 0.2) is 0 Å². The second-order valence-corrected chi connectivity index (χ2v) is 16.1. The molecule has 2 saturated heterocycles. The Morgan fingerprint density at radius 1 is 1.41 bits per heavy atom. The fourth-order valence-corrected chi connectivity index (χ4v) is 9.12. The molecule has 6 nitrogen and oxygen atoms in total. The van der Waals surface area contributed by atoms with Gasteiger partial charge in [0.1, 0.15) is 0 Å². The van der Waals surface area contributed by atoms with Crippen molar-refractivity contribution in [3.8, 4) is 6.07 Å². The van der Waals surface area contributed by atoms with Crippen molar-refractivity contribution in [1.82, 2.24) is 9.88 Å². The third kappa shape index (κ3) is 3.62. The van der Waals surface area contributed by atoms with E-state index in [0.29, 0.717) is 31.0 Å². The number of pyridine rings is 1. The first-order valence-electron chi connectivity index (χ1n) is 12.1. The number of hydrogen-bond donors (Lipinski definition) is 0. The van der Waals surface area contributed by atoms with Crippen LogP contribution in [0.25, 0.3) is 5.57 Å². The summed E-state index contributed by atoms with van der Waals surface area (Å²) in [6, 6.07) is 2.08. The Morgan fingerprint density at radius 2 is 2.18 bits per heavy atom. The molecule has 4 heterocycles. The zero-order valence-corrected chi connectivity index (χ0v) is 24.4. The van der Waals surface area contributed by atoms with Crippen LogP contribution in [0.2, 0.25) is 0 Å². The van der Waals surface area contributed by atoms with Gasteiger partial charge in [0, 0.05) is 0 Å². The van der Waals surface area contributed by atoms with E-state index in [2.05, 4.69) is 36.4 Å². The Kier molecular flexibility index (Phi) is 5.91. The third-order valence-electron chi connectivity index (χ3n) is 8.30. The second kappa shape index (κ2) is 8.51. The monoisotopic (exact) mass is 563 g/mol. The molecule has 4 aliphatic rings. The van der Waals surface area contributed by atoms with Gasteiger partial charge < -0.3 is 0 Å². The maximum atomic E-state index is 14.6. The number of nitriles is 1. The minimum atomic E-state index is -1.34. The van der Waals surface area contributed by atoms with E-state index in [1.165, 1.54) is 15.0 Å². The Morgan fingerprint density at radius 3 is 2.79 bits per heavy atom. The van der Waals surface area contributed by atoms with Gasteiger partial charge in [0.2, 0.25) is 0 Å². The minimum absolute atomic E-state index is 0.106. The number of nitrogens with zero attached hydrogens (tertiary/aromatic N) is 5. The molecule has 3 aliphatic heterocycles. The Balaban J connectivity index is 1.62. The van der Waals surface area contributed by atoms with Crippen LogP contribution < -0.4 is 4.90 Å². The van der Waals surface area contributed by atoms with Crippen LogP contribution in [0.15, 0.2) is 19.0 Å². The second-order valence-electron chi connectivity index (χ2n) is 11.1. The first-order valence-corrected chi connectivity index (χ1v) is 16.0. The first kappa shape index (κ1) is 23.6. The predicted octanol–water partition coefficient (Wildman–Crippen LogP) is 3.20. The molecule has 1 atom stereocenters. The molecule has 0 aromatic carbocycles. The summed E-state index contributed by atoms with van der Waals surface area (Å²) >= 11 is -1.34. The number of fused-ring (bicyclic) bond motifs is 1. The number of amides is 1. The van der Waals surface area contributed by atoms with Gasteiger partial charge in [-0.25, -0.2) is 0 Å². The number of anilines is 1. The summed E-state index contributed by atoms with van der Waals surface area (Å²) < 4.78 is 20.7. The van der Waals surface area contributed by atoms with E-state index in [1.54, 1.807) is 4.90 Å². The molecular formula is C26H31FInN5O. The molecule has 0 radical (unpaired) electrons. The molecular weight excluding hydrogens is 532 g/mol. The van der Waals surface area contributed by atoms with Crippen molar-refractivity contribution in [3.63, 3.8) is 0 Å². The summed E-state index contributed by atoms with van der Waals surface area (Å²) in [5.74, 6) is 0.517. The first-order chi connectivity index (χ1) is 16.2. The van der Waals surface area contributed by atoms with Gasteiger partial charge in [0.25, 0.3) is 0 Å². The number of aromatic nitrogens is 1. The van der Waals surface area contributed by atoms with E-state index in [9.17, 15) is 14.4 Å². The fourth-order valence-electron chi connectivity index (χ4n) is 6.30. The number of alkyl halides is 1. The van der Waals surface area contributed by atoms with Crippen LogP contribution in [0, 0.1) is 22.2 Å². The van der Waals surface area contributed by atoms with Gasteiger partial charge in [-0.1, -0.05) is 6.58 Å². The standard InChI is InChI=1S/C26H30FN5O.In.H/c1-5-17(13-28)23-18-7-8-25(3,4)11-20(18)30-24(19(23)14-29)32-10-9-26(21(32)12-27)15-31(16-26)22(33)6-2;;/h6,13,21H,2,7-12,15-16H2,1,3-4H3;;/q-1;+1;/t21-;;/m0../s1. The van der Waals surface area contributed by atoms with Crippen LogP contribution in [0.5, 0.6) is 0 Å². The average Bonchev–Trinajstić information content (AvgIpc) is 3.38. The summed E-state index contributed by atoms with van der Waals surface area (Å²) in [6.07, 6.45) is 6.89. The molecule has 0 unspecified atom stereocenters. The molecule has 176 valence electrons. The number of allylic oxidation sites excluding steroid dienone is 2. The molecule has 34 heavy (non-hydrogen) atoms. The SMILES string of the molecule is C=CC(=O)N1CC2(CCN(c3nc4c(c(C5=[C](C)[InH][N]=C5)c3C#N)CCC(C)(C)C4)[C@H]2CF)C1. The van der Waals surface area contributed by atoms with Gasteiger partial charge in [-0.05, 0) is 0 Å². The third-order valence-corrected chi connectivity index (χ3v) is 11.8. The quantitative estimate of drug-likeness (QED) is 0.528. The number of hydrogen-bond acceptors (Lipinski definition) is 5. The molecule has 1 amide bonds. The topological polar surface area (TPSA) is 72.6 Å². The van der Waals surface area contributed by atoms with Crippen LogP contribution in [0.1, 0.15) is 56.0 Å². The zero-order chi connectivity index (χ0) is 24.3. The molecule has 0 saturated carbocycles. The van der Waals surface area contributed by atoms with Crippen molar-refractivity contribution >= 4 is 46.7 Å². The van der Waals surface area contributed by atoms with E-state index < -0.39 is 35.9 Å². The van der Waals surface area contributed by atoms with E-state index in [4.69, 9.17) is 4.98 Å². The van der Waals surface area contributed by atoms with Crippen molar-refractivity contribution < 1.29 is 9.18 Å². The van der Waals surface area contributed by atoms with Crippen LogP contribution in [0.4, 0.5) is 10.2 Å². The van der Waals surface area contributed by atoms with E-state index in [-0.39, 0.29) is 16.7 Å². The Hall–Kier alpha value is -2.14. The van der Waals surface area contributed by atoms with Crippen molar-refractivity contribution in [2.45, 2.75) is 52.5 Å². The molecule has 0 N–H and O–H groups in total. The van der Waals surface area contributed by atoms with Gasteiger partial charge >= 0.3 is 206 Å². The van der Waals surface area contributed by atoms with Crippen molar-refractivity contribution in [3.05, 3.63) is 38.4 Å². The van der Waals surface area contributed by atoms with Gasteiger partial charge in [0.05, 0.1) is 0 Å². The van der Waals surface area contributed by atoms with Crippen LogP contribution in [0.3, 0.4) is 0 Å². The number of halogens is 1. The van der Waals surface area contributed by atoms with E-state index in [0.717, 1.165) is 42.5 Å². The number of carbonyl (C=O) groups is 1. The molecule has 8 heteroatoms. The summed E-state index contributed by atoms with van der Waals surface area (Å²) in [5, 5.41) is 10.4.